The molecular formula is C8H9N3O5. The van der Waals surface area contributed by atoms with E-state index >= 15 is 0 Å². The Morgan fingerprint density at radius 2 is 2.44 bits per heavy atom. The lowest BCUT2D eigenvalue weighted by molar-refractivity contribution is -0.997. The van der Waals surface area contributed by atoms with E-state index in [1.807, 2.05) is 0 Å². The van der Waals surface area contributed by atoms with Crippen LogP contribution in [0.2, 0.25) is 0 Å². The van der Waals surface area contributed by atoms with E-state index in [2.05, 4.69) is 9.84 Å². The van der Waals surface area contributed by atoms with Crippen molar-refractivity contribution in [3.63, 3.8) is 0 Å². The van der Waals surface area contributed by atoms with Gasteiger partial charge >= 0.3 is 12.0 Å². The number of ether oxygens (including phenoxy) is 1. The second kappa shape index (κ2) is 4.31. The Morgan fingerprint density at radius 1 is 1.62 bits per heavy atom. The van der Waals surface area contributed by atoms with Gasteiger partial charge in [-0.1, -0.05) is 0 Å². The number of rotatable bonds is 3. The van der Waals surface area contributed by atoms with Crippen molar-refractivity contribution in [1.29, 1.82) is 0 Å². The molecule has 0 spiro atoms. The third-order valence-corrected chi connectivity index (χ3v) is 1.90. The summed E-state index contributed by atoms with van der Waals surface area (Å²) >= 11 is 0. The van der Waals surface area contributed by atoms with Gasteiger partial charge in [-0.3, -0.25) is 0 Å². The highest BCUT2D eigenvalue weighted by Crippen LogP contribution is 2.08. The third-order valence-electron chi connectivity index (χ3n) is 1.90. The number of carbonyl (C=O) groups is 1. The molecule has 1 fully saturated rings. The number of hydrogen-bond acceptors (Lipinski definition) is 6. The van der Waals surface area contributed by atoms with Crippen molar-refractivity contribution in [3.05, 3.63) is 23.1 Å². The van der Waals surface area contributed by atoms with Gasteiger partial charge in [0.1, 0.15) is 6.61 Å². The van der Waals surface area contributed by atoms with Gasteiger partial charge in [0.15, 0.2) is 5.76 Å². The van der Waals surface area contributed by atoms with Crippen molar-refractivity contribution < 1.29 is 24.4 Å². The molecular weight excluding hydrogens is 218 g/mol. The van der Waals surface area contributed by atoms with Gasteiger partial charge in [0.05, 0.1) is 12.8 Å². The summed E-state index contributed by atoms with van der Waals surface area (Å²) in [6.07, 6.45) is 0.736. The number of furan rings is 1. The summed E-state index contributed by atoms with van der Waals surface area (Å²) in [5.41, 5.74) is 0. The second-order valence-corrected chi connectivity index (χ2v) is 2.99. The number of quaternary nitrogens is 1. The highest BCUT2D eigenvalue weighted by Gasteiger charge is 2.20. The van der Waals surface area contributed by atoms with Crippen molar-refractivity contribution in [1.82, 2.24) is 5.01 Å². The summed E-state index contributed by atoms with van der Waals surface area (Å²) in [5.74, 6) is 0.0857. The van der Waals surface area contributed by atoms with E-state index in [4.69, 9.17) is 9.62 Å². The fourth-order valence-electron chi connectivity index (χ4n) is 1.15. The first-order valence-corrected chi connectivity index (χ1v) is 4.48. The first kappa shape index (κ1) is 10.6. The van der Waals surface area contributed by atoms with Crippen LogP contribution in [0, 0.1) is 5.21 Å². The van der Waals surface area contributed by atoms with Crippen LogP contribution in [-0.4, -0.2) is 35.7 Å². The van der Waals surface area contributed by atoms with Gasteiger partial charge < -0.3 is 14.4 Å². The van der Waals surface area contributed by atoms with Crippen LogP contribution < -0.4 is 5.23 Å². The predicted octanol–water partition coefficient (Wildman–Crippen LogP) is -0.531. The average molecular weight is 227 g/mol. The van der Waals surface area contributed by atoms with E-state index < -0.39 is 11.3 Å². The van der Waals surface area contributed by atoms with E-state index in [-0.39, 0.29) is 11.6 Å². The minimum absolute atomic E-state index is 0.176. The fraction of sp³-hybridized carbons (Fsp3) is 0.250. The summed E-state index contributed by atoms with van der Waals surface area (Å²) in [7, 11) is 0. The van der Waals surface area contributed by atoms with Crippen molar-refractivity contribution in [2.24, 2.45) is 5.10 Å². The van der Waals surface area contributed by atoms with Gasteiger partial charge in [0.25, 0.3) is 0 Å². The molecule has 86 valence electrons. The number of cyclic esters (lactones) is 1. The Bertz CT molecular complexity index is 414. The van der Waals surface area contributed by atoms with Crippen molar-refractivity contribution in [3.8, 4) is 0 Å². The topological polar surface area (TPSA) is 103 Å². The SMILES string of the molecule is O=C1OCCN1N=Cc1ccc([NH+]([O-])O)o1. The second-order valence-electron chi connectivity index (χ2n) is 2.99. The predicted molar refractivity (Wildman–Crippen MR) is 50.1 cm³/mol. The zero-order chi connectivity index (χ0) is 11.5. The normalized spacial score (nSPS) is 18.1. The maximum Gasteiger partial charge on any atom is 0.430 e. The lowest BCUT2D eigenvalue weighted by Gasteiger charge is -2.05. The lowest BCUT2D eigenvalue weighted by atomic mass is 10.5. The molecule has 8 nitrogen and oxygen atoms in total. The van der Waals surface area contributed by atoms with Crippen LogP contribution in [0.5, 0.6) is 0 Å². The van der Waals surface area contributed by atoms with Gasteiger partial charge in [-0.2, -0.15) is 15.3 Å². The molecule has 2 N–H and O–H groups in total. The van der Waals surface area contributed by atoms with Crippen LogP contribution in [0.3, 0.4) is 0 Å². The van der Waals surface area contributed by atoms with Crippen LogP contribution in [0.4, 0.5) is 10.7 Å². The number of nitrogens with zero attached hydrogens (tertiary/aromatic N) is 2. The molecule has 0 aliphatic carbocycles. The maximum absolute atomic E-state index is 11.0. The number of amides is 1. The fourth-order valence-corrected chi connectivity index (χ4v) is 1.15. The Morgan fingerprint density at radius 3 is 3.00 bits per heavy atom. The quantitative estimate of drug-likeness (QED) is 0.533. The van der Waals surface area contributed by atoms with E-state index in [9.17, 15) is 10.0 Å². The number of nitrogens with one attached hydrogen (secondary N) is 1. The Balaban J connectivity index is 2.02. The maximum atomic E-state index is 11.0. The highest BCUT2D eigenvalue weighted by molar-refractivity contribution is 5.78. The molecule has 0 saturated carbocycles. The molecule has 8 heteroatoms. The summed E-state index contributed by atoms with van der Waals surface area (Å²) in [5, 5.41) is 22.9. The van der Waals surface area contributed by atoms with Crippen molar-refractivity contribution in [2.45, 2.75) is 0 Å². The molecule has 1 aliphatic heterocycles. The molecule has 0 bridgehead atoms. The average Bonchev–Trinajstić information content (AvgIpc) is 2.83. The van der Waals surface area contributed by atoms with Gasteiger partial charge in [-0.15, -0.1) is 0 Å². The van der Waals surface area contributed by atoms with Gasteiger partial charge in [0.2, 0.25) is 0 Å². The molecule has 1 amide bonds. The van der Waals surface area contributed by atoms with E-state index in [0.717, 1.165) is 5.01 Å². The van der Waals surface area contributed by atoms with Crippen molar-refractivity contribution >= 4 is 18.2 Å². The van der Waals surface area contributed by atoms with E-state index in [1.54, 1.807) is 0 Å². The monoisotopic (exact) mass is 227 g/mol. The molecule has 16 heavy (non-hydrogen) atoms. The molecule has 1 aliphatic rings. The van der Waals surface area contributed by atoms with Crippen LogP contribution >= 0.6 is 0 Å². The molecule has 0 radical (unpaired) electrons. The van der Waals surface area contributed by atoms with Crippen LogP contribution in [0.25, 0.3) is 0 Å². The summed E-state index contributed by atoms with van der Waals surface area (Å²) < 4.78 is 9.56. The molecule has 1 aromatic rings. The van der Waals surface area contributed by atoms with Gasteiger partial charge in [0, 0.05) is 6.07 Å². The van der Waals surface area contributed by atoms with Crippen LogP contribution in [0.15, 0.2) is 21.7 Å². The number of hydrazone groups is 1. The van der Waals surface area contributed by atoms with Crippen LogP contribution in [-0.2, 0) is 4.74 Å². The smallest absolute Gasteiger partial charge is 0.430 e. The van der Waals surface area contributed by atoms with Gasteiger partial charge in [-0.05, 0) is 6.07 Å². The summed E-state index contributed by atoms with van der Waals surface area (Å²) in [4.78, 5) is 11.0. The highest BCUT2D eigenvalue weighted by atomic mass is 16.8. The summed E-state index contributed by atoms with van der Waals surface area (Å²) in [6.45, 7) is 0.677. The Hall–Kier alpha value is -1.90. The number of hydrogen-bond donors (Lipinski definition) is 2. The van der Waals surface area contributed by atoms with Crippen molar-refractivity contribution in [2.75, 3.05) is 13.2 Å². The minimum atomic E-state index is -1.15. The molecule has 1 unspecified atom stereocenters. The largest absolute Gasteiger partial charge is 0.592 e. The standard InChI is InChI=1S/C8H9N3O5/c12-8-10(3-4-15-8)9-5-6-1-2-7(16-6)11(13)14/h1-2,5,11,13H,3-4H2. The van der Waals surface area contributed by atoms with E-state index in [0.29, 0.717) is 13.2 Å². The molecule has 0 aromatic carbocycles. The zero-order valence-electron chi connectivity index (χ0n) is 8.12. The number of carbonyl (C=O) groups excluding carboxylic acids is 1. The molecule has 1 saturated heterocycles. The molecule has 2 heterocycles. The molecule has 1 aromatic heterocycles. The zero-order valence-corrected chi connectivity index (χ0v) is 8.12. The van der Waals surface area contributed by atoms with Gasteiger partial charge in [-0.25, -0.2) is 10.0 Å². The Kier molecular flexibility index (Phi) is 2.86. The Labute approximate surface area is 89.8 Å². The lowest BCUT2D eigenvalue weighted by Crippen LogP contribution is -2.99. The first-order valence-electron chi connectivity index (χ1n) is 4.48. The minimum Gasteiger partial charge on any atom is -0.592 e. The van der Waals surface area contributed by atoms with E-state index in [1.165, 1.54) is 18.3 Å². The molecule has 1 atom stereocenters. The third kappa shape index (κ3) is 2.19. The summed E-state index contributed by atoms with van der Waals surface area (Å²) in [6, 6.07) is 2.76. The van der Waals surface area contributed by atoms with Crippen LogP contribution in [0.1, 0.15) is 5.76 Å². The molecule has 2 rings (SSSR count). The first-order chi connectivity index (χ1) is 7.66.